The van der Waals surface area contributed by atoms with Crippen molar-refractivity contribution in [1.82, 2.24) is 19.9 Å². The highest BCUT2D eigenvalue weighted by Gasteiger charge is 2.25. The number of rotatable bonds is 10. The Kier molecular flexibility index (Phi) is 32.3. The number of methoxy groups -OCH3 is 2. The predicted molar refractivity (Wildman–Crippen MR) is 361 cm³/mol. The lowest BCUT2D eigenvalue weighted by atomic mass is 9.83. The van der Waals surface area contributed by atoms with E-state index in [2.05, 4.69) is 73.8 Å². The van der Waals surface area contributed by atoms with Gasteiger partial charge in [-0.2, -0.15) is 0 Å². The van der Waals surface area contributed by atoms with Crippen LogP contribution in [0.15, 0.2) is 201 Å². The number of carboxylic acids is 1. The minimum atomic E-state index is -1.04. The summed E-state index contributed by atoms with van der Waals surface area (Å²) < 4.78 is 26.1. The Morgan fingerprint density at radius 3 is 1.33 bits per heavy atom. The van der Waals surface area contributed by atoms with E-state index >= 15 is 0 Å². The standard InChI is InChI=1S/C15H17BN2O2.C13H10ClNO2.C12H9ClN2O.C12H8ClNO2.C8H6ClIO2.C4H7ClO2.CH4/c1-2-6-14(7-3-1)18-10-12-19-16(20-13-11-18)15-8-4-5-9-17-15;1-17-13(16)10-8-9(5-6-11(10)14)12-4-2-3-7-15-12;13-10-5-4-8(7-9(10)12(14)16)11-3-1-2-6-15-11;13-10-5-4-8(7-9(10)12(15)16)11-3-1-2-6-14-11;1-12-8(11)6-4-5(10)2-3-7(6)9;1-3(2)7-4(5)6;/h1-9H,10-13H2;2-8H,1H3;1-7H,(H2,14,16);1-7H,(H,15,16);2-4H,1H3;3H,1-2H3;1H4. The number of benzene rings is 5. The molecule has 5 aromatic carbocycles. The van der Waals surface area contributed by atoms with Crippen LogP contribution in [0, 0.1) is 3.57 Å². The van der Waals surface area contributed by atoms with Crippen molar-refractivity contribution in [2.75, 3.05) is 45.4 Å². The molecule has 1 amide bonds. The van der Waals surface area contributed by atoms with Gasteiger partial charge in [0.15, 0.2) is 0 Å². The number of hydrogen-bond donors (Lipinski definition) is 2. The Hall–Kier alpha value is -7.99. The van der Waals surface area contributed by atoms with Crippen molar-refractivity contribution in [2.24, 2.45) is 5.73 Å². The number of aromatic carboxylic acids is 1. The molecule has 3 N–H and O–H groups in total. The number of primary amides is 1. The quantitative estimate of drug-likeness (QED) is 0.0426. The summed E-state index contributed by atoms with van der Waals surface area (Å²) in [5, 5.41) is 10.3. The summed E-state index contributed by atoms with van der Waals surface area (Å²) in [6.07, 6.45) is 6.70. The number of amides is 1. The third-order valence-corrected chi connectivity index (χ3v) is 13.7. The van der Waals surface area contributed by atoms with Gasteiger partial charge in [0.25, 0.3) is 0 Å². The van der Waals surface area contributed by atoms with Crippen LogP contribution < -0.4 is 16.2 Å². The van der Waals surface area contributed by atoms with Crippen LogP contribution in [0.5, 0.6) is 0 Å². The molecule has 462 valence electrons. The summed E-state index contributed by atoms with van der Waals surface area (Å²) >= 11 is 30.3. The number of halogens is 6. The molecule has 5 heterocycles. The van der Waals surface area contributed by atoms with E-state index in [0.717, 1.165) is 56.0 Å². The molecule has 17 nitrogen and oxygen atoms in total. The highest BCUT2D eigenvalue weighted by Crippen LogP contribution is 2.27. The summed E-state index contributed by atoms with van der Waals surface area (Å²) in [6.45, 7) is 6.43. The van der Waals surface area contributed by atoms with Crippen molar-refractivity contribution in [3.05, 3.63) is 247 Å². The first-order valence-electron chi connectivity index (χ1n) is 26.4. The van der Waals surface area contributed by atoms with Gasteiger partial charge in [0.1, 0.15) is 0 Å². The molecule has 0 bridgehead atoms. The predicted octanol–water partition coefficient (Wildman–Crippen LogP) is 15.3. The molecule has 1 saturated heterocycles. The average molecular weight is 1420 g/mol. The zero-order valence-electron chi connectivity index (χ0n) is 47.6. The van der Waals surface area contributed by atoms with Crippen LogP contribution >= 0.6 is 80.6 Å². The van der Waals surface area contributed by atoms with Crippen LogP contribution in [-0.4, -0.2) is 108 Å². The number of carbonyl (C=O) groups excluding carboxylic acids is 4. The van der Waals surface area contributed by atoms with Gasteiger partial charge in [0.05, 0.1) is 85.3 Å². The van der Waals surface area contributed by atoms with Gasteiger partial charge in [-0.1, -0.05) is 114 Å². The molecule has 24 heteroatoms. The number of hydrogen-bond acceptors (Lipinski definition) is 15. The van der Waals surface area contributed by atoms with Crippen LogP contribution in [0.3, 0.4) is 0 Å². The molecule has 0 atom stereocenters. The number of esters is 2. The number of para-hydroxylation sites is 1. The van der Waals surface area contributed by atoms with E-state index in [0.29, 0.717) is 45.0 Å². The van der Waals surface area contributed by atoms with Gasteiger partial charge >= 0.3 is 30.5 Å². The monoisotopic (exact) mass is 1410 g/mol. The second-order valence-electron chi connectivity index (χ2n) is 18.1. The lowest BCUT2D eigenvalue weighted by molar-refractivity contribution is 0.0592. The normalized spacial score (nSPS) is 11.3. The molecule has 1 fully saturated rings. The largest absolute Gasteiger partial charge is 0.513 e. The maximum absolute atomic E-state index is 11.5. The maximum atomic E-state index is 11.5. The van der Waals surface area contributed by atoms with Crippen molar-refractivity contribution in [3.8, 4) is 33.8 Å². The first-order valence-corrected chi connectivity index (χ1v) is 29.3. The van der Waals surface area contributed by atoms with Crippen molar-refractivity contribution >= 4 is 128 Å². The SMILES string of the molecule is C.CC(C)OC(=O)Cl.COC(=O)c1cc(-c2ccccn2)ccc1Cl.COC(=O)c1cc(I)ccc1Cl.NC(=O)c1cc(-c2ccccn2)ccc1Cl.O=C(O)c1cc(-c2ccccn2)ccc1Cl.c1ccc(N2CCOB(c3ccccn3)OCC2)cc1. The number of nitrogens with two attached hydrogens (primary N) is 1. The summed E-state index contributed by atoms with van der Waals surface area (Å²) in [7, 11) is 2.30. The fourth-order valence-electron chi connectivity index (χ4n) is 7.51. The first kappa shape index (κ1) is 73.5. The van der Waals surface area contributed by atoms with E-state index in [1.54, 1.807) is 99.3 Å². The lowest BCUT2D eigenvalue weighted by Gasteiger charge is -2.28. The highest BCUT2D eigenvalue weighted by atomic mass is 127. The Morgan fingerprint density at radius 1 is 0.551 bits per heavy atom. The van der Waals surface area contributed by atoms with Crippen LogP contribution in [0.2, 0.25) is 20.1 Å². The van der Waals surface area contributed by atoms with Crippen molar-refractivity contribution in [1.29, 1.82) is 0 Å². The number of carbonyl (C=O) groups is 5. The first-order chi connectivity index (χ1) is 42.3. The van der Waals surface area contributed by atoms with Crippen LogP contribution in [-0.2, 0) is 23.5 Å². The van der Waals surface area contributed by atoms with Crippen molar-refractivity contribution < 1.29 is 52.6 Å². The smallest absolute Gasteiger partial charge is 0.478 e. The highest BCUT2D eigenvalue weighted by molar-refractivity contribution is 14.1. The third-order valence-electron chi connectivity index (χ3n) is 11.7. The zero-order valence-corrected chi connectivity index (χ0v) is 53.6. The Morgan fingerprint density at radius 2 is 0.944 bits per heavy atom. The Labute approximate surface area is 555 Å². The Balaban J connectivity index is 0.000000233. The average Bonchev–Trinajstić information content (AvgIpc) is 3.70. The van der Waals surface area contributed by atoms with E-state index in [1.807, 2.05) is 97.1 Å². The summed E-state index contributed by atoms with van der Waals surface area (Å²) in [5.74, 6) is -2.43. The van der Waals surface area contributed by atoms with Gasteiger partial charge in [-0.05, 0) is 152 Å². The van der Waals surface area contributed by atoms with E-state index in [-0.39, 0.29) is 31.2 Å². The van der Waals surface area contributed by atoms with Crippen LogP contribution in [0.1, 0.15) is 62.7 Å². The molecule has 0 saturated carbocycles. The van der Waals surface area contributed by atoms with Crippen LogP contribution in [0.25, 0.3) is 33.8 Å². The topological polar surface area (TPSA) is 233 Å². The van der Waals surface area contributed by atoms with E-state index in [4.69, 9.17) is 78.2 Å². The third kappa shape index (κ3) is 24.8. The molecular weight excluding hydrogens is 1360 g/mol. The summed E-state index contributed by atoms with van der Waals surface area (Å²) in [6, 6.07) is 53.0. The van der Waals surface area contributed by atoms with E-state index in [1.165, 1.54) is 26.0 Å². The minimum absolute atomic E-state index is 0. The molecule has 9 aromatic rings. The van der Waals surface area contributed by atoms with Gasteiger partial charge in [0, 0.05) is 88.6 Å². The number of anilines is 1. The van der Waals surface area contributed by atoms with Gasteiger partial charge in [-0.25, -0.2) is 19.2 Å². The molecule has 0 spiro atoms. The molecule has 0 unspecified atom stereocenters. The van der Waals surface area contributed by atoms with Crippen LogP contribution in [0.4, 0.5) is 10.5 Å². The molecule has 89 heavy (non-hydrogen) atoms. The second-order valence-corrected chi connectivity index (χ2v) is 21.2. The fourth-order valence-corrected chi connectivity index (χ4v) is 8.97. The summed E-state index contributed by atoms with van der Waals surface area (Å²) in [5.41, 5.74) is 12.3. The van der Waals surface area contributed by atoms with Gasteiger partial charge in [-0.3, -0.25) is 24.7 Å². The molecule has 4 aromatic heterocycles. The van der Waals surface area contributed by atoms with Gasteiger partial charge < -0.3 is 39.3 Å². The lowest BCUT2D eigenvalue weighted by Crippen LogP contribution is -2.45. The second kappa shape index (κ2) is 39.1. The molecule has 1 aliphatic heterocycles. The molecule has 0 aliphatic carbocycles. The summed E-state index contributed by atoms with van der Waals surface area (Å²) in [4.78, 5) is 73.5. The number of pyridine rings is 4. The molecule has 0 radical (unpaired) electrons. The molecular formula is C65H61BCl5IN6O11. The van der Waals surface area contributed by atoms with Gasteiger partial charge in [0.2, 0.25) is 5.91 Å². The van der Waals surface area contributed by atoms with Crippen molar-refractivity contribution in [3.63, 3.8) is 0 Å². The minimum Gasteiger partial charge on any atom is -0.478 e. The molecule has 10 rings (SSSR count). The van der Waals surface area contributed by atoms with E-state index < -0.39 is 29.2 Å². The Bertz CT molecular complexity index is 3540. The number of nitrogens with zero attached hydrogens (tertiary/aromatic N) is 5. The number of ether oxygens (including phenoxy) is 3. The van der Waals surface area contributed by atoms with Crippen molar-refractivity contribution in [2.45, 2.75) is 27.4 Å². The fraction of sp³-hybridized carbons (Fsp3) is 0.154. The zero-order chi connectivity index (χ0) is 64.0. The van der Waals surface area contributed by atoms with Gasteiger partial charge in [-0.15, -0.1) is 0 Å². The number of aromatic nitrogens is 4. The number of carboxylic acid groups (broad SMARTS) is 1. The molecule has 1 aliphatic rings. The maximum Gasteiger partial charge on any atom is 0.513 e. The van der Waals surface area contributed by atoms with E-state index in [9.17, 15) is 24.0 Å².